The Bertz CT molecular complexity index is 628. The van der Waals surface area contributed by atoms with E-state index >= 15 is 0 Å². The Morgan fingerprint density at radius 3 is 2.44 bits per heavy atom. The first-order valence-corrected chi connectivity index (χ1v) is 9.36. The first-order valence-electron chi connectivity index (χ1n) is 8.08. The van der Waals surface area contributed by atoms with Gasteiger partial charge in [0.1, 0.15) is 0 Å². The largest absolute Gasteiger partial charge is 0.542 e. The minimum absolute atomic E-state index is 0.0321. The summed E-state index contributed by atoms with van der Waals surface area (Å²) < 4.78 is 15.8. The topological polar surface area (TPSA) is 116 Å². The van der Waals surface area contributed by atoms with Crippen LogP contribution in [-0.4, -0.2) is 52.6 Å². The maximum atomic E-state index is 12.3. The highest BCUT2D eigenvalue weighted by molar-refractivity contribution is 7.38. The van der Waals surface area contributed by atoms with Crippen molar-refractivity contribution in [1.82, 2.24) is 10.2 Å². The van der Waals surface area contributed by atoms with Crippen molar-refractivity contribution in [3.8, 4) is 0 Å². The molecule has 8 nitrogen and oxygen atoms in total. The molecule has 2 atom stereocenters. The van der Waals surface area contributed by atoms with E-state index in [1.54, 1.807) is 11.8 Å². The Balaban J connectivity index is 1.86. The van der Waals surface area contributed by atoms with E-state index in [0.717, 1.165) is 0 Å². The summed E-state index contributed by atoms with van der Waals surface area (Å²) in [7, 11) is -2.73. The molecule has 1 saturated heterocycles. The van der Waals surface area contributed by atoms with Crippen LogP contribution < -0.4 is 5.32 Å². The van der Waals surface area contributed by atoms with E-state index in [1.165, 1.54) is 24.3 Å². The molecular formula is C16H22N2O6P+. The lowest BCUT2D eigenvalue weighted by Gasteiger charge is -2.31. The SMILES string of the molecule is CCOC(=O)N1CCC(NC(=O)c2ccc(C(O)[P+](=O)O)cc2)CC1. The van der Waals surface area contributed by atoms with Gasteiger partial charge in [0.05, 0.1) is 6.61 Å². The maximum Gasteiger partial charge on any atom is 0.542 e. The van der Waals surface area contributed by atoms with Crippen molar-refractivity contribution in [3.05, 3.63) is 35.4 Å². The molecule has 0 spiro atoms. The standard InChI is InChI=1S/C16H21N2O6P/c1-2-24-16(21)18-9-7-13(8-10-18)17-14(19)11-3-5-12(6-4-11)15(20)25(22)23/h3-6,13,15,20H,2,7-10H2,1H3,(H-,17,19,22,23)/p+1. The van der Waals surface area contributed by atoms with Crippen LogP contribution in [-0.2, 0) is 9.30 Å². The predicted molar refractivity (Wildman–Crippen MR) is 90.3 cm³/mol. The van der Waals surface area contributed by atoms with Crippen LogP contribution in [0.3, 0.4) is 0 Å². The molecule has 9 heteroatoms. The van der Waals surface area contributed by atoms with Gasteiger partial charge in [-0.15, -0.1) is 0 Å². The molecule has 1 fully saturated rings. The zero-order valence-corrected chi connectivity index (χ0v) is 14.8. The first kappa shape index (κ1) is 19.3. The lowest BCUT2D eigenvalue weighted by molar-refractivity contribution is 0.0860. The molecule has 2 unspecified atom stereocenters. The number of hydrogen-bond acceptors (Lipinski definition) is 5. The average molecular weight is 369 g/mol. The van der Waals surface area contributed by atoms with Crippen molar-refractivity contribution < 1.29 is 28.9 Å². The van der Waals surface area contributed by atoms with E-state index in [1.807, 2.05) is 0 Å². The van der Waals surface area contributed by atoms with E-state index in [-0.39, 0.29) is 23.6 Å². The van der Waals surface area contributed by atoms with Crippen LogP contribution >= 0.6 is 8.03 Å². The van der Waals surface area contributed by atoms with Gasteiger partial charge in [0.15, 0.2) is 0 Å². The normalized spacial score (nSPS) is 16.9. The Kier molecular flexibility index (Phi) is 6.87. The molecule has 1 heterocycles. The summed E-state index contributed by atoms with van der Waals surface area (Å²) >= 11 is 0. The van der Waals surface area contributed by atoms with Crippen LogP contribution in [0.25, 0.3) is 0 Å². The molecule has 0 radical (unpaired) electrons. The fraction of sp³-hybridized carbons (Fsp3) is 0.500. The molecule has 3 N–H and O–H groups in total. The number of amides is 2. The van der Waals surface area contributed by atoms with Gasteiger partial charge in [-0.2, -0.15) is 4.89 Å². The zero-order chi connectivity index (χ0) is 18.4. The van der Waals surface area contributed by atoms with Crippen LogP contribution in [0, 0.1) is 0 Å². The van der Waals surface area contributed by atoms with Crippen LogP contribution in [0.5, 0.6) is 0 Å². The highest BCUT2D eigenvalue weighted by Gasteiger charge is 2.28. The number of nitrogens with zero attached hydrogens (tertiary/aromatic N) is 1. The van der Waals surface area contributed by atoms with E-state index < -0.39 is 13.9 Å². The molecule has 1 aromatic rings. The number of piperidine rings is 1. The lowest BCUT2D eigenvalue weighted by atomic mass is 10.0. The third kappa shape index (κ3) is 5.22. The Morgan fingerprint density at radius 1 is 1.32 bits per heavy atom. The minimum Gasteiger partial charge on any atom is -0.450 e. The number of carbonyl (C=O) groups is 2. The molecule has 1 aliphatic heterocycles. The van der Waals surface area contributed by atoms with Crippen LogP contribution in [0.1, 0.15) is 41.5 Å². The first-order chi connectivity index (χ1) is 11.9. The second-order valence-corrected chi connectivity index (χ2v) is 6.83. The number of carbonyl (C=O) groups excluding carboxylic acids is 2. The van der Waals surface area contributed by atoms with Crippen molar-refractivity contribution in [2.75, 3.05) is 19.7 Å². The van der Waals surface area contributed by atoms with E-state index in [0.29, 0.717) is 38.1 Å². The number of benzene rings is 1. The quantitative estimate of drug-likeness (QED) is 0.681. The summed E-state index contributed by atoms with van der Waals surface area (Å²) in [5.41, 5.74) is 0.680. The van der Waals surface area contributed by atoms with Gasteiger partial charge in [-0.1, -0.05) is 12.1 Å². The summed E-state index contributed by atoms with van der Waals surface area (Å²) in [4.78, 5) is 34.4. The van der Waals surface area contributed by atoms with Crippen LogP contribution in [0.4, 0.5) is 4.79 Å². The molecule has 2 amide bonds. The zero-order valence-electron chi connectivity index (χ0n) is 13.9. The van der Waals surface area contributed by atoms with Gasteiger partial charge in [0, 0.05) is 30.3 Å². The number of rotatable bonds is 5. The van der Waals surface area contributed by atoms with E-state index in [2.05, 4.69) is 5.32 Å². The van der Waals surface area contributed by atoms with Gasteiger partial charge in [0.2, 0.25) is 0 Å². The summed E-state index contributed by atoms with van der Waals surface area (Å²) in [5, 5.41) is 12.4. The molecule has 25 heavy (non-hydrogen) atoms. The third-order valence-corrected chi connectivity index (χ3v) is 4.75. The van der Waals surface area contributed by atoms with Gasteiger partial charge in [-0.3, -0.25) is 4.79 Å². The summed E-state index contributed by atoms with van der Waals surface area (Å²) in [6.45, 7) is 3.15. The second kappa shape index (κ2) is 8.89. The third-order valence-electron chi connectivity index (χ3n) is 4.04. The Labute approximate surface area is 146 Å². The van der Waals surface area contributed by atoms with E-state index in [4.69, 9.17) is 9.63 Å². The van der Waals surface area contributed by atoms with Crippen molar-refractivity contribution in [2.45, 2.75) is 31.7 Å². The Morgan fingerprint density at radius 2 is 1.92 bits per heavy atom. The number of ether oxygens (including phenoxy) is 1. The maximum absolute atomic E-state index is 12.3. The molecular weight excluding hydrogens is 347 g/mol. The van der Waals surface area contributed by atoms with Crippen molar-refractivity contribution >= 4 is 20.0 Å². The predicted octanol–water partition coefficient (Wildman–Crippen LogP) is 1.76. The lowest BCUT2D eigenvalue weighted by Crippen LogP contribution is -2.46. The number of aliphatic hydroxyl groups excluding tert-OH is 1. The number of likely N-dealkylation sites (tertiary alicyclic amines) is 1. The molecule has 136 valence electrons. The summed E-state index contributed by atoms with van der Waals surface area (Å²) in [6.07, 6.45) is 0.960. The van der Waals surface area contributed by atoms with Crippen LogP contribution in [0.15, 0.2) is 24.3 Å². The second-order valence-electron chi connectivity index (χ2n) is 5.73. The fourth-order valence-corrected chi connectivity index (χ4v) is 3.05. The average Bonchev–Trinajstić information content (AvgIpc) is 2.62. The van der Waals surface area contributed by atoms with Gasteiger partial charge >= 0.3 is 20.0 Å². The molecule has 1 aliphatic rings. The van der Waals surface area contributed by atoms with Gasteiger partial charge in [0.25, 0.3) is 5.91 Å². The molecule has 1 aromatic carbocycles. The number of aliphatic hydroxyl groups is 1. The Hall–Kier alpha value is -2.02. The molecule has 0 aliphatic carbocycles. The fourth-order valence-electron chi connectivity index (χ4n) is 2.62. The minimum atomic E-state index is -2.73. The van der Waals surface area contributed by atoms with Crippen molar-refractivity contribution in [3.63, 3.8) is 0 Å². The molecule has 0 saturated carbocycles. The highest BCUT2D eigenvalue weighted by Crippen LogP contribution is 2.34. The summed E-state index contributed by atoms with van der Waals surface area (Å²) in [6, 6.07) is 5.87. The highest BCUT2D eigenvalue weighted by atomic mass is 31.1. The number of hydrogen-bond donors (Lipinski definition) is 3. The van der Waals surface area contributed by atoms with Crippen molar-refractivity contribution in [2.24, 2.45) is 0 Å². The van der Waals surface area contributed by atoms with Gasteiger partial charge in [-0.25, -0.2) is 4.79 Å². The molecule has 0 aromatic heterocycles. The van der Waals surface area contributed by atoms with Crippen LogP contribution in [0.2, 0.25) is 0 Å². The van der Waals surface area contributed by atoms with E-state index in [9.17, 15) is 19.3 Å². The van der Waals surface area contributed by atoms with Gasteiger partial charge < -0.3 is 20.1 Å². The number of nitrogens with one attached hydrogen (secondary N) is 1. The molecule has 0 bridgehead atoms. The summed E-state index contributed by atoms with van der Waals surface area (Å²) in [5.74, 6) is -1.72. The van der Waals surface area contributed by atoms with Crippen molar-refractivity contribution in [1.29, 1.82) is 0 Å². The van der Waals surface area contributed by atoms with Gasteiger partial charge in [-0.05, 0) is 36.5 Å². The monoisotopic (exact) mass is 369 g/mol. The molecule has 2 rings (SSSR count). The smallest absolute Gasteiger partial charge is 0.450 e.